The number of carbonyl (C=O) groups excluding carboxylic acids is 1. The van der Waals surface area contributed by atoms with E-state index in [0.29, 0.717) is 10.6 Å². The number of likely N-dealkylation sites (N-methyl/N-ethyl adjacent to an activating group) is 1. The monoisotopic (exact) mass is 304 g/mol. The Bertz CT molecular complexity index is 682. The molecule has 2 aromatic rings. The minimum atomic E-state index is -0.0755. The summed E-state index contributed by atoms with van der Waals surface area (Å²) in [7, 11) is 2.08. The number of pyridine rings is 1. The predicted octanol–water partition coefficient (Wildman–Crippen LogP) is 2.01. The number of rotatable bonds is 2. The van der Waals surface area contributed by atoms with Crippen LogP contribution in [-0.4, -0.2) is 42.0 Å². The highest BCUT2D eigenvalue weighted by Crippen LogP contribution is 2.32. The summed E-state index contributed by atoms with van der Waals surface area (Å²) < 4.78 is 0. The average molecular weight is 304 g/mol. The molecule has 3 rings (SSSR count). The van der Waals surface area contributed by atoms with Crippen LogP contribution in [0, 0.1) is 6.92 Å². The van der Waals surface area contributed by atoms with Gasteiger partial charge in [-0.15, -0.1) is 11.3 Å². The summed E-state index contributed by atoms with van der Waals surface area (Å²) in [6, 6.07) is 4.06. The van der Waals surface area contributed by atoms with Gasteiger partial charge < -0.3 is 16.0 Å². The molecular formula is C15H20N4OS. The van der Waals surface area contributed by atoms with Crippen LogP contribution in [0.2, 0.25) is 0 Å². The third-order valence-electron chi connectivity index (χ3n) is 3.90. The number of aryl methyl sites for hydroxylation is 1. The summed E-state index contributed by atoms with van der Waals surface area (Å²) in [6.45, 7) is 3.93. The number of likely N-dealkylation sites (tertiary alicyclic amines) is 1. The zero-order chi connectivity index (χ0) is 15.0. The standard InChI is InChI=1S/C15H20N4OS/c1-9-5-6-11-12(16)13(21-15(11)17-9)14(20)18-10-4-3-7-19(2)8-10/h5-6,10H,3-4,7-8,16H2,1-2H3,(H,18,20). The van der Waals surface area contributed by atoms with Crippen LogP contribution >= 0.6 is 11.3 Å². The number of amides is 1. The van der Waals surface area contributed by atoms with Crippen LogP contribution in [0.25, 0.3) is 10.2 Å². The molecule has 2 aromatic heterocycles. The number of carbonyl (C=O) groups is 1. The smallest absolute Gasteiger partial charge is 0.263 e. The van der Waals surface area contributed by atoms with Gasteiger partial charge in [0, 0.05) is 23.7 Å². The van der Waals surface area contributed by atoms with Crippen molar-refractivity contribution in [3.63, 3.8) is 0 Å². The number of nitrogens with zero attached hydrogens (tertiary/aromatic N) is 2. The van der Waals surface area contributed by atoms with E-state index in [2.05, 4.69) is 22.2 Å². The first-order valence-corrected chi connectivity index (χ1v) is 8.01. The fraction of sp³-hybridized carbons (Fsp3) is 0.467. The molecule has 6 heteroatoms. The molecule has 0 radical (unpaired) electrons. The highest BCUT2D eigenvalue weighted by molar-refractivity contribution is 7.21. The van der Waals surface area contributed by atoms with Crippen LogP contribution < -0.4 is 11.1 Å². The average Bonchev–Trinajstić information content (AvgIpc) is 2.75. The summed E-state index contributed by atoms with van der Waals surface area (Å²) in [5, 5.41) is 3.98. The lowest BCUT2D eigenvalue weighted by molar-refractivity contribution is 0.0917. The van der Waals surface area contributed by atoms with Crippen LogP contribution in [0.1, 0.15) is 28.2 Å². The van der Waals surface area contributed by atoms with Crippen molar-refractivity contribution in [2.75, 3.05) is 25.9 Å². The number of aromatic nitrogens is 1. The molecule has 1 aliphatic rings. The molecule has 3 N–H and O–H groups in total. The molecule has 1 fully saturated rings. The van der Waals surface area contributed by atoms with Crippen molar-refractivity contribution in [3.8, 4) is 0 Å². The Balaban J connectivity index is 1.82. The predicted molar refractivity (Wildman–Crippen MR) is 86.8 cm³/mol. The number of hydrogen-bond donors (Lipinski definition) is 2. The van der Waals surface area contributed by atoms with Crippen molar-refractivity contribution in [3.05, 3.63) is 22.7 Å². The van der Waals surface area contributed by atoms with Gasteiger partial charge in [-0.25, -0.2) is 4.98 Å². The molecular weight excluding hydrogens is 284 g/mol. The Morgan fingerprint density at radius 1 is 1.52 bits per heavy atom. The Labute approximate surface area is 128 Å². The van der Waals surface area contributed by atoms with E-state index in [-0.39, 0.29) is 11.9 Å². The Kier molecular flexibility index (Phi) is 3.82. The first-order valence-electron chi connectivity index (χ1n) is 7.19. The summed E-state index contributed by atoms with van der Waals surface area (Å²) in [4.78, 5) is 20.6. The zero-order valence-electron chi connectivity index (χ0n) is 12.3. The van der Waals surface area contributed by atoms with E-state index in [1.807, 2.05) is 19.1 Å². The molecule has 0 saturated carbocycles. The van der Waals surface area contributed by atoms with Crippen LogP contribution in [0.3, 0.4) is 0 Å². The lowest BCUT2D eigenvalue weighted by Gasteiger charge is -2.30. The molecule has 5 nitrogen and oxygen atoms in total. The van der Waals surface area contributed by atoms with Gasteiger partial charge in [-0.05, 0) is 45.5 Å². The second-order valence-electron chi connectivity index (χ2n) is 5.73. The first-order chi connectivity index (χ1) is 10.0. The van der Waals surface area contributed by atoms with Crippen LogP contribution in [0.4, 0.5) is 5.69 Å². The molecule has 112 valence electrons. The van der Waals surface area contributed by atoms with Gasteiger partial charge in [0.05, 0.1) is 5.69 Å². The molecule has 3 heterocycles. The molecule has 0 aromatic carbocycles. The fourth-order valence-corrected chi connectivity index (χ4v) is 3.84. The zero-order valence-corrected chi connectivity index (χ0v) is 13.2. The summed E-state index contributed by atoms with van der Waals surface area (Å²) in [5.74, 6) is -0.0755. The molecule has 1 atom stereocenters. The first kappa shape index (κ1) is 14.3. The summed E-state index contributed by atoms with van der Waals surface area (Å²) >= 11 is 1.37. The highest BCUT2D eigenvalue weighted by atomic mass is 32.1. The third kappa shape index (κ3) is 2.87. The van der Waals surface area contributed by atoms with Crippen molar-refractivity contribution in [2.45, 2.75) is 25.8 Å². The van der Waals surface area contributed by atoms with Crippen molar-refractivity contribution in [2.24, 2.45) is 0 Å². The molecule has 1 amide bonds. The van der Waals surface area contributed by atoms with Crippen LogP contribution in [0.5, 0.6) is 0 Å². The third-order valence-corrected chi connectivity index (χ3v) is 5.01. The second kappa shape index (κ2) is 5.61. The fourth-order valence-electron chi connectivity index (χ4n) is 2.79. The van der Waals surface area contributed by atoms with E-state index in [9.17, 15) is 4.79 Å². The normalized spacial score (nSPS) is 19.8. The van der Waals surface area contributed by atoms with E-state index in [1.54, 1.807) is 0 Å². The van der Waals surface area contributed by atoms with Gasteiger partial charge in [0.25, 0.3) is 5.91 Å². The SMILES string of the molecule is Cc1ccc2c(N)c(C(=O)NC3CCCN(C)C3)sc2n1. The lowest BCUT2D eigenvalue weighted by atomic mass is 10.1. The van der Waals surface area contributed by atoms with Gasteiger partial charge in [0.2, 0.25) is 0 Å². The number of thiophene rings is 1. The van der Waals surface area contributed by atoms with Crippen LogP contribution in [-0.2, 0) is 0 Å². The maximum Gasteiger partial charge on any atom is 0.263 e. The van der Waals surface area contributed by atoms with Crippen molar-refractivity contribution in [1.82, 2.24) is 15.2 Å². The summed E-state index contributed by atoms with van der Waals surface area (Å²) in [5.41, 5.74) is 7.60. The molecule has 0 bridgehead atoms. The minimum absolute atomic E-state index is 0.0755. The van der Waals surface area contributed by atoms with Gasteiger partial charge in [0.1, 0.15) is 9.71 Å². The van der Waals surface area contributed by atoms with E-state index in [0.717, 1.165) is 41.8 Å². The molecule has 21 heavy (non-hydrogen) atoms. The number of nitrogens with two attached hydrogens (primary N) is 1. The number of nitrogens with one attached hydrogen (secondary N) is 1. The summed E-state index contributed by atoms with van der Waals surface area (Å²) in [6.07, 6.45) is 2.14. The van der Waals surface area contributed by atoms with E-state index in [1.165, 1.54) is 11.3 Å². The number of fused-ring (bicyclic) bond motifs is 1. The van der Waals surface area contributed by atoms with E-state index in [4.69, 9.17) is 5.73 Å². The molecule has 1 saturated heterocycles. The number of nitrogen functional groups attached to an aromatic ring is 1. The van der Waals surface area contributed by atoms with E-state index < -0.39 is 0 Å². The van der Waals surface area contributed by atoms with Gasteiger partial charge in [-0.2, -0.15) is 0 Å². The quantitative estimate of drug-likeness (QED) is 0.890. The van der Waals surface area contributed by atoms with Crippen molar-refractivity contribution in [1.29, 1.82) is 0 Å². The molecule has 0 spiro atoms. The van der Waals surface area contributed by atoms with Crippen molar-refractivity contribution >= 4 is 33.1 Å². The van der Waals surface area contributed by atoms with Gasteiger partial charge in [-0.1, -0.05) is 0 Å². The van der Waals surface area contributed by atoms with Gasteiger partial charge in [-0.3, -0.25) is 4.79 Å². The largest absolute Gasteiger partial charge is 0.397 e. The Hall–Kier alpha value is -1.66. The van der Waals surface area contributed by atoms with Gasteiger partial charge >= 0.3 is 0 Å². The Morgan fingerprint density at radius 2 is 2.33 bits per heavy atom. The highest BCUT2D eigenvalue weighted by Gasteiger charge is 2.22. The maximum atomic E-state index is 12.5. The van der Waals surface area contributed by atoms with Crippen LogP contribution in [0.15, 0.2) is 12.1 Å². The number of hydrogen-bond acceptors (Lipinski definition) is 5. The molecule has 1 aliphatic heterocycles. The van der Waals surface area contributed by atoms with Crippen molar-refractivity contribution < 1.29 is 4.79 Å². The topological polar surface area (TPSA) is 71.2 Å². The van der Waals surface area contributed by atoms with Gasteiger partial charge in [0.15, 0.2) is 0 Å². The minimum Gasteiger partial charge on any atom is -0.397 e. The maximum absolute atomic E-state index is 12.5. The Morgan fingerprint density at radius 3 is 3.10 bits per heavy atom. The number of anilines is 1. The van der Waals surface area contributed by atoms with E-state index >= 15 is 0 Å². The number of piperidine rings is 1. The lowest BCUT2D eigenvalue weighted by Crippen LogP contribution is -2.46. The molecule has 0 aliphatic carbocycles. The second-order valence-corrected chi connectivity index (χ2v) is 6.72. The molecule has 1 unspecified atom stereocenters.